The van der Waals surface area contributed by atoms with Gasteiger partial charge >= 0.3 is 5.69 Å². The number of aryl methyl sites for hydroxylation is 1. The molecular weight excluding hydrogens is 497 g/mol. The number of anilines is 1. The second-order valence-electron chi connectivity index (χ2n) is 9.26. The molecule has 1 aliphatic heterocycles. The van der Waals surface area contributed by atoms with Crippen LogP contribution in [0.3, 0.4) is 0 Å². The van der Waals surface area contributed by atoms with Gasteiger partial charge in [-0.25, -0.2) is 9.18 Å². The topological polar surface area (TPSA) is 118 Å². The molecular formula is C26H23ClFN7O2. The molecule has 3 aromatic carbocycles. The molecule has 0 aliphatic carbocycles. The highest BCUT2D eigenvalue weighted by molar-refractivity contribution is 6.32. The third-order valence-corrected chi connectivity index (χ3v) is 7.12. The van der Waals surface area contributed by atoms with Gasteiger partial charge in [-0.15, -0.1) is 0 Å². The Morgan fingerprint density at radius 1 is 1.08 bits per heavy atom. The van der Waals surface area contributed by atoms with E-state index >= 15 is 0 Å². The Hall–Kier alpha value is -4.15. The highest BCUT2D eigenvalue weighted by Gasteiger charge is 2.24. The van der Waals surface area contributed by atoms with Crippen LogP contribution in [-0.2, 0) is 7.05 Å². The quantitative estimate of drug-likeness (QED) is 0.332. The first kappa shape index (κ1) is 23.3. The summed E-state index contributed by atoms with van der Waals surface area (Å²) in [5.74, 6) is -0.624. The maximum absolute atomic E-state index is 14.9. The van der Waals surface area contributed by atoms with Gasteiger partial charge in [-0.1, -0.05) is 17.7 Å². The Bertz CT molecular complexity index is 1720. The lowest BCUT2D eigenvalue weighted by atomic mass is 9.96. The van der Waals surface area contributed by atoms with Crippen LogP contribution in [0.25, 0.3) is 39.0 Å². The molecule has 0 saturated carbocycles. The SMILES string of the molecule is Cn1ccn(-c2ccc(-c3cc(F)cc(-c4cc(N5CC[C@H](N)C5)c5n[nH]nc5c4)c3O)cc2Cl)c1=O. The first-order valence-electron chi connectivity index (χ1n) is 11.7. The zero-order valence-corrected chi connectivity index (χ0v) is 20.6. The number of phenolic OH excluding ortho intramolecular Hbond substituents is 1. The number of imidazole rings is 1. The normalized spacial score (nSPS) is 15.7. The van der Waals surface area contributed by atoms with Crippen molar-refractivity contribution in [3.63, 3.8) is 0 Å². The molecule has 9 nitrogen and oxygen atoms in total. The summed E-state index contributed by atoms with van der Waals surface area (Å²) in [6.45, 7) is 1.43. The predicted octanol–water partition coefficient (Wildman–Crippen LogP) is 3.82. The van der Waals surface area contributed by atoms with Crippen molar-refractivity contribution in [2.24, 2.45) is 12.8 Å². The smallest absolute Gasteiger partial charge is 0.332 e. The molecule has 2 aromatic heterocycles. The van der Waals surface area contributed by atoms with E-state index in [1.54, 1.807) is 43.7 Å². The van der Waals surface area contributed by atoms with E-state index in [0.717, 1.165) is 18.7 Å². The van der Waals surface area contributed by atoms with Crippen molar-refractivity contribution in [3.05, 3.63) is 76.2 Å². The van der Waals surface area contributed by atoms with E-state index in [9.17, 15) is 14.3 Å². The van der Waals surface area contributed by atoms with Crippen LogP contribution in [0.4, 0.5) is 10.1 Å². The third kappa shape index (κ3) is 3.94. The number of hydrogen-bond acceptors (Lipinski definition) is 6. The summed E-state index contributed by atoms with van der Waals surface area (Å²) >= 11 is 6.52. The molecule has 0 radical (unpaired) electrons. The molecule has 0 amide bonds. The van der Waals surface area contributed by atoms with Crippen LogP contribution in [0, 0.1) is 5.82 Å². The number of aromatic hydroxyl groups is 1. The molecule has 5 aromatic rings. The molecule has 0 spiro atoms. The van der Waals surface area contributed by atoms with Crippen LogP contribution in [0.15, 0.2) is 59.7 Å². The monoisotopic (exact) mass is 519 g/mol. The highest BCUT2D eigenvalue weighted by Crippen LogP contribution is 2.42. The van der Waals surface area contributed by atoms with Gasteiger partial charge in [0.25, 0.3) is 0 Å². The van der Waals surface area contributed by atoms with Crippen molar-refractivity contribution in [3.8, 4) is 33.7 Å². The van der Waals surface area contributed by atoms with Crippen LogP contribution in [0.5, 0.6) is 5.75 Å². The molecule has 188 valence electrons. The van der Waals surface area contributed by atoms with Crippen LogP contribution in [0.2, 0.25) is 5.02 Å². The van der Waals surface area contributed by atoms with Gasteiger partial charge in [0, 0.05) is 49.7 Å². The lowest BCUT2D eigenvalue weighted by molar-refractivity contribution is 0.477. The van der Waals surface area contributed by atoms with Gasteiger partial charge in [0.15, 0.2) is 0 Å². The second kappa shape index (κ2) is 8.75. The average molecular weight is 520 g/mol. The Labute approximate surface area is 215 Å². The summed E-state index contributed by atoms with van der Waals surface area (Å²) in [4.78, 5) is 14.5. The largest absolute Gasteiger partial charge is 0.507 e. The number of nitrogens with zero attached hydrogens (tertiary/aromatic N) is 5. The predicted molar refractivity (Wildman–Crippen MR) is 141 cm³/mol. The van der Waals surface area contributed by atoms with Gasteiger partial charge in [0.1, 0.15) is 22.6 Å². The lowest BCUT2D eigenvalue weighted by Gasteiger charge is -2.20. The van der Waals surface area contributed by atoms with E-state index in [2.05, 4.69) is 20.3 Å². The highest BCUT2D eigenvalue weighted by atomic mass is 35.5. The van der Waals surface area contributed by atoms with Crippen molar-refractivity contribution in [1.29, 1.82) is 0 Å². The first-order valence-corrected chi connectivity index (χ1v) is 12.1. The van der Waals surface area contributed by atoms with Crippen LogP contribution >= 0.6 is 11.6 Å². The number of halogens is 2. The average Bonchev–Trinajstić information content (AvgIpc) is 3.61. The summed E-state index contributed by atoms with van der Waals surface area (Å²) in [5.41, 5.74) is 10.1. The standard InChI is InChI=1S/C26H23ClFN7O2/c1-33-6-7-35(26(33)37)22-3-2-14(8-20(22)27)18-11-16(28)12-19(25(18)36)15-9-21-24(31-32-30-21)23(10-15)34-5-4-17(29)13-34/h2-3,6-12,17,36H,4-5,13,29H2,1H3,(H,30,31,32)/t17-/m0/s1. The zero-order chi connectivity index (χ0) is 25.8. The van der Waals surface area contributed by atoms with E-state index in [1.807, 2.05) is 6.07 Å². The number of nitrogens with one attached hydrogen (secondary N) is 1. The summed E-state index contributed by atoms with van der Waals surface area (Å²) in [6.07, 6.45) is 4.10. The van der Waals surface area contributed by atoms with E-state index in [0.29, 0.717) is 40.0 Å². The number of aromatic nitrogens is 5. The van der Waals surface area contributed by atoms with E-state index < -0.39 is 5.82 Å². The molecule has 3 heterocycles. The van der Waals surface area contributed by atoms with Crippen LogP contribution in [-0.4, -0.2) is 48.8 Å². The molecule has 1 fully saturated rings. The number of aromatic amines is 1. The minimum absolute atomic E-state index is 0.0549. The number of rotatable bonds is 4. The third-order valence-electron chi connectivity index (χ3n) is 6.82. The van der Waals surface area contributed by atoms with Gasteiger partial charge in [0.2, 0.25) is 0 Å². The summed E-state index contributed by atoms with van der Waals surface area (Å²) < 4.78 is 17.8. The number of H-pyrrole nitrogens is 1. The zero-order valence-electron chi connectivity index (χ0n) is 19.8. The minimum atomic E-state index is -0.521. The van der Waals surface area contributed by atoms with E-state index in [4.69, 9.17) is 17.3 Å². The molecule has 0 unspecified atom stereocenters. The van der Waals surface area contributed by atoms with Gasteiger partial charge in [-0.3, -0.25) is 4.57 Å². The molecule has 6 rings (SSSR count). The van der Waals surface area contributed by atoms with Gasteiger partial charge < -0.3 is 20.3 Å². The Morgan fingerprint density at radius 3 is 2.54 bits per heavy atom. The fraction of sp³-hybridized carbons (Fsp3) is 0.192. The Morgan fingerprint density at radius 2 is 1.86 bits per heavy atom. The number of hydrogen-bond donors (Lipinski definition) is 3. The summed E-state index contributed by atoms with van der Waals surface area (Å²) in [6, 6.07) is 11.2. The van der Waals surface area contributed by atoms with Crippen molar-refractivity contribution in [2.75, 3.05) is 18.0 Å². The second-order valence-corrected chi connectivity index (χ2v) is 9.67. The van der Waals surface area contributed by atoms with Gasteiger partial charge in [0.05, 0.1) is 16.4 Å². The number of fused-ring (bicyclic) bond motifs is 1. The maximum atomic E-state index is 14.9. The van der Waals surface area contributed by atoms with E-state index in [-0.39, 0.29) is 28.1 Å². The van der Waals surface area contributed by atoms with Crippen LogP contribution < -0.4 is 16.3 Å². The molecule has 1 atom stereocenters. The summed E-state index contributed by atoms with van der Waals surface area (Å²) in [7, 11) is 1.65. The fourth-order valence-electron chi connectivity index (χ4n) is 4.89. The summed E-state index contributed by atoms with van der Waals surface area (Å²) in [5, 5.41) is 22.8. The van der Waals surface area contributed by atoms with Crippen LogP contribution in [0.1, 0.15) is 6.42 Å². The Kier molecular flexibility index (Phi) is 5.50. The first-order chi connectivity index (χ1) is 17.8. The van der Waals surface area contributed by atoms with Crippen molar-refractivity contribution < 1.29 is 9.50 Å². The lowest BCUT2D eigenvalue weighted by Crippen LogP contribution is -2.26. The van der Waals surface area contributed by atoms with E-state index in [1.165, 1.54) is 21.3 Å². The molecule has 11 heteroatoms. The number of benzene rings is 3. The maximum Gasteiger partial charge on any atom is 0.332 e. The Balaban J connectivity index is 1.46. The number of nitrogens with two attached hydrogens (primary N) is 1. The van der Waals surface area contributed by atoms with Crippen molar-refractivity contribution in [2.45, 2.75) is 12.5 Å². The molecule has 1 aliphatic rings. The fourth-order valence-corrected chi connectivity index (χ4v) is 5.16. The van der Waals surface area contributed by atoms with Crippen molar-refractivity contribution >= 4 is 28.3 Å². The minimum Gasteiger partial charge on any atom is -0.507 e. The molecule has 37 heavy (non-hydrogen) atoms. The molecule has 4 N–H and O–H groups in total. The number of phenols is 1. The molecule has 1 saturated heterocycles. The van der Waals surface area contributed by atoms with Gasteiger partial charge in [-0.2, -0.15) is 15.4 Å². The van der Waals surface area contributed by atoms with Crippen molar-refractivity contribution in [1.82, 2.24) is 24.5 Å². The molecule has 0 bridgehead atoms. The van der Waals surface area contributed by atoms with Gasteiger partial charge in [-0.05, 0) is 53.9 Å².